The van der Waals surface area contributed by atoms with Crippen LogP contribution in [0.2, 0.25) is 0 Å². The van der Waals surface area contributed by atoms with Crippen molar-refractivity contribution >= 4 is 5.78 Å². The number of hydrogen-bond donors (Lipinski definition) is 1. The molecule has 2 nitrogen and oxygen atoms in total. The summed E-state index contributed by atoms with van der Waals surface area (Å²) in [6.07, 6.45) is 0.504. The molecule has 1 aliphatic heterocycles. The van der Waals surface area contributed by atoms with Gasteiger partial charge in [0.25, 0.3) is 0 Å². The average molecular weight is 229 g/mol. The van der Waals surface area contributed by atoms with E-state index in [-0.39, 0.29) is 17.8 Å². The molecule has 0 amide bonds. The van der Waals surface area contributed by atoms with E-state index in [0.717, 1.165) is 6.07 Å². The monoisotopic (exact) mass is 229 g/mol. The van der Waals surface area contributed by atoms with E-state index >= 15 is 0 Å². The summed E-state index contributed by atoms with van der Waals surface area (Å²) in [5, 5.41) is 2.90. The van der Waals surface area contributed by atoms with Crippen LogP contribution in [0.1, 0.15) is 24.4 Å². The third-order valence-corrected chi connectivity index (χ3v) is 2.67. The van der Waals surface area contributed by atoms with E-state index in [1.165, 1.54) is 6.07 Å². The first-order chi connectivity index (χ1) is 7.59. The van der Waals surface area contributed by atoms with Gasteiger partial charge in [0.2, 0.25) is 0 Å². The van der Waals surface area contributed by atoms with Gasteiger partial charge in [-0.3, -0.25) is 4.79 Å². The molecule has 86 valence electrons. The standard InChI is InChI=1S/C11H10F3NO/c12-8-2-1-7(10(13)11(8)14)9-5-6(16)3-4-15-9/h1-2,9,15H,3-5H2. The zero-order valence-electron chi connectivity index (χ0n) is 8.40. The Labute approximate surface area is 90.5 Å². The van der Waals surface area contributed by atoms with E-state index in [0.29, 0.717) is 13.0 Å². The van der Waals surface area contributed by atoms with Crippen molar-refractivity contribution in [2.45, 2.75) is 18.9 Å². The van der Waals surface area contributed by atoms with Gasteiger partial charge < -0.3 is 5.32 Å². The van der Waals surface area contributed by atoms with Gasteiger partial charge in [-0.15, -0.1) is 0 Å². The van der Waals surface area contributed by atoms with Crippen LogP contribution in [0.5, 0.6) is 0 Å². The first-order valence-corrected chi connectivity index (χ1v) is 4.98. The molecule has 1 saturated heterocycles. The van der Waals surface area contributed by atoms with Gasteiger partial charge in [-0.2, -0.15) is 0 Å². The first-order valence-electron chi connectivity index (χ1n) is 4.98. The quantitative estimate of drug-likeness (QED) is 0.747. The Hall–Kier alpha value is -1.36. The van der Waals surface area contributed by atoms with Crippen LogP contribution in [0.3, 0.4) is 0 Å². The van der Waals surface area contributed by atoms with Crippen LogP contribution in [0.4, 0.5) is 13.2 Å². The van der Waals surface area contributed by atoms with E-state index in [2.05, 4.69) is 5.32 Å². The molecule has 1 N–H and O–H groups in total. The molecule has 0 aromatic heterocycles. The summed E-state index contributed by atoms with van der Waals surface area (Å²) in [5.41, 5.74) is 0.00644. The molecular formula is C11H10F3NO. The maximum atomic E-state index is 13.4. The SMILES string of the molecule is O=C1CCNC(c2ccc(F)c(F)c2F)C1. The van der Waals surface area contributed by atoms with Crippen molar-refractivity contribution in [3.05, 3.63) is 35.1 Å². The van der Waals surface area contributed by atoms with Gasteiger partial charge in [0.15, 0.2) is 17.5 Å². The molecule has 0 radical (unpaired) electrons. The lowest BCUT2D eigenvalue weighted by Crippen LogP contribution is -2.32. The summed E-state index contributed by atoms with van der Waals surface area (Å²) in [6.45, 7) is 0.432. The minimum Gasteiger partial charge on any atom is -0.309 e. The van der Waals surface area contributed by atoms with Crippen molar-refractivity contribution in [3.63, 3.8) is 0 Å². The molecule has 2 rings (SSSR count). The Kier molecular flexibility index (Phi) is 2.96. The third kappa shape index (κ3) is 1.95. The molecule has 1 atom stereocenters. The molecule has 0 saturated carbocycles. The number of halogens is 3. The van der Waals surface area contributed by atoms with Crippen LogP contribution in [0, 0.1) is 17.5 Å². The second-order valence-corrected chi connectivity index (χ2v) is 3.76. The molecule has 1 unspecified atom stereocenters. The van der Waals surface area contributed by atoms with Gasteiger partial charge in [0.1, 0.15) is 5.78 Å². The smallest absolute Gasteiger partial charge is 0.194 e. The van der Waals surface area contributed by atoms with E-state index in [4.69, 9.17) is 0 Å². The number of carbonyl (C=O) groups excluding carboxylic acids is 1. The molecule has 5 heteroatoms. The van der Waals surface area contributed by atoms with Gasteiger partial charge in [-0.05, 0) is 6.07 Å². The molecule has 1 aliphatic rings. The average Bonchev–Trinajstić information content (AvgIpc) is 2.26. The van der Waals surface area contributed by atoms with Crippen molar-refractivity contribution in [1.29, 1.82) is 0 Å². The lowest BCUT2D eigenvalue weighted by atomic mass is 9.96. The highest BCUT2D eigenvalue weighted by Gasteiger charge is 2.25. The fourth-order valence-corrected chi connectivity index (χ4v) is 1.82. The summed E-state index contributed by atoms with van der Waals surface area (Å²) in [6, 6.07) is 1.48. The maximum Gasteiger partial charge on any atom is 0.194 e. The molecule has 1 fully saturated rings. The van der Waals surface area contributed by atoms with Crippen molar-refractivity contribution in [3.8, 4) is 0 Å². The van der Waals surface area contributed by atoms with Gasteiger partial charge in [0.05, 0.1) is 0 Å². The molecule has 1 aromatic rings. The largest absolute Gasteiger partial charge is 0.309 e. The molecule has 16 heavy (non-hydrogen) atoms. The highest BCUT2D eigenvalue weighted by Crippen LogP contribution is 2.26. The van der Waals surface area contributed by atoms with Crippen LogP contribution in [0.15, 0.2) is 12.1 Å². The lowest BCUT2D eigenvalue weighted by molar-refractivity contribution is -0.120. The predicted molar refractivity (Wildman–Crippen MR) is 51.3 cm³/mol. The van der Waals surface area contributed by atoms with E-state index in [9.17, 15) is 18.0 Å². The lowest BCUT2D eigenvalue weighted by Gasteiger charge is -2.23. The predicted octanol–water partition coefficient (Wildman–Crippen LogP) is 2.10. The number of benzene rings is 1. The highest BCUT2D eigenvalue weighted by molar-refractivity contribution is 5.80. The van der Waals surface area contributed by atoms with Crippen LogP contribution >= 0.6 is 0 Å². The minimum absolute atomic E-state index is 0.00644. The number of hydrogen-bond acceptors (Lipinski definition) is 2. The Balaban J connectivity index is 2.33. The summed E-state index contributed by atoms with van der Waals surface area (Å²) < 4.78 is 39.1. The highest BCUT2D eigenvalue weighted by atomic mass is 19.2. The number of nitrogens with one attached hydrogen (secondary N) is 1. The second-order valence-electron chi connectivity index (χ2n) is 3.76. The fraction of sp³-hybridized carbons (Fsp3) is 0.364. The Morgan fingerprint density at radius 2 is 1.94 bits per heavy atom. The minimum atomic E-state index is -1.49. The molecular weight excluding hydrogens is 219 g/mol. The number of rotatable bonds is 1. The molecule has 0 bridgehead atoms. The van der Waals surface area contributed by atoms with Crippen molar-refractivity contribution in [2.24, 2.45) is 0 Å². The zero-order valence-corrected chi connectivity index (χ0v) is 8.40. The maximum absolute atomic E-state index is 13.4. The first kappa shape index (κ1) is 11.1. The van der Waals surface area contributed by atoms with Gasteiger partial charge in [-0.25, -0.2) is 13.2 Å². The second kappa shape index (κ2) is 4.25. The fourth-order valence-electron chi connectivity index (χ4n) is 1.82. The van der Waals surface area contributed by atoms with Crippen LogP contribution in [0.25, 0.3) is 0 Å². The number of piperidine rings is 1. The molecule has 1 heterocycles. The Morgan fingerprint density at radius 1 is 1.19 bits per heavy atom. The van der Waals surface area contributed by atoms with Gasteiger partial charge in [0, 0.05) is 31.0 Å². The van der Waals surface area contributed by atoms with Crippen LogP contribution < -0.4 is 5.32 Å². The van der Waals surface area contributed by atoms with E-state index < -0.39 is 23.5 Å². The Morgan fingerprint density at radius 3 is 2.62 bits per heavy atom. The molecule has 1 aromatic carbocycles. The van der Waals surface area contributed by atoms with Crippen LogP contribution in [-0.4, -0.2) is 12.3 Å². The summed E-state index contributed by atoms with van der Waals surface area (Å²) in [7, 11) is 0. The van der Waals surface area contributed by atoms with Crippen molar-refractivity contribution < 1.29 is 18.0 Å². The van der Waals surface area contributed by atoms with Crippen LogP contribution in [-0.2, 0) is 4.79 Å². The van der Waals surface area contributed by atoms with E-state index in [1.54, 1.807) is 0 Å². The van der Waals surface area contributed by atoms with Crippen molar-refractivity contribution in [1.82, 2.24) is 5.32 Å². The normalized spacial score (nSPS) is 21.2. The zero-order chi connectivity index (χ0) is 11.7. The molecule has 0 spiro atoms. The van der Waals surface area contributed by atoms with Gasteiger partial charge >= 0.3 is 0 Å². The molecule has 0 aliphatic carbocycles. The summed E-state index contributed by atoms with van der Waals surface area (Å²) in [5.74, 6) is -3.93. The third-order valence-electron chi connectivity index (χ3n) is 2.67. The van der Waals surface area contributed by atoms with Crippen molar-refractivity contribution in [2.75, 3.05) is 6.54 Å². The van der Waals surface area contributed by atoms with Gasteiger partial charge in [-0.1, -0.05) is 6.07 Å². The number of Topliss-reactive ketones (excluding diaryl/α,β-unsaturated/α-hetero) is 1. The number of ketones is 1. The Bertz CT molecular complexity index is 433. The topological polar surface area (TPSA) is 29.1 Å². The number of carbonyl (C=O) groups is 1. The summed E-state index contributed by atoms with van der Waals surface area (Å²) >= 11 is 0. The summed E-state index contributed by atoms with van der Waals surface area (Å²) in [4.78, 5) is 11.2. The van der Waals surface area contributed by atoms with E-state index in [1.807, 2.05) is 0 Å².